The highest BCUT2D eigenvalue weighted by molar-refractivity contribution is 6.21. The van der Waals surface area contributed by atoms with Gasteiger partial charge in [0.2, 0.25) is 0 Å². The number of nitrogens with zero attached hydrogens (tertiary/aromatic N) is 1. The molecule has 0 saturated carbocycles. The molecule has 5 heteroatoms. The van der Waals surface area contributed by atoms with Crippen molar-refractivity contribution in [3.8, 4) is 0 Å². The zero-order chi connectivity index (χ0) is 11.8. The number of aromatic nitrogens is 1. The van der Waals surface area contributed by atoms with Gasteiger partial charge in [-0.25, -0.2) is 0 Å². The Morgan fingerprint density at radius 2 is 2.00 bits per heavy atom. The van der Waals surface area contributed by atoms with Crippen LogP contribution in [0.4, 0.5) is 8.78 Å². The normalized spacial score (nSPS) is 11.6. The molecule has 15 heavy (non-hydrogen) atoms. The van der Waals surface area contributed by atoms with Gasteiger partial charge in [-0.05, 0) is 24.6 Å². The Bertz CT molecular complexity index is 413. The Labute approximate surface area is 91.5 Å². The molecule has 0 atom stereocenters. The summed E-state index contributed by atoms with van der Waals surface area (Å²) in [6.07, 6.45) is 0. The van der Waals surface area contributed by atoms with Crippen LogP contribution in [0.3, 0.4) is 0 Å². The molecule has 0 radical (unpaired) electrons. The molecular formula is C10H11ClF2NO+. The lowest BCUT2D eigenvalue weighted by atomic mass is 10.1. The number of alkyl halides is 3. The van der Waals surface area contributed by atoms with Gasteiger partial charge in [0, 0.05) is 13.0 Å². The van der Waals surface area contributed by atoms with Crippen LogP contribution in [-0.4, -0.2) is 5.78 Å². The fraction of sp³-hybridized carbons (Fsp3) is 0.400. The van der Waals surface area contributed by atoms with Crippen molar-refractivity contribution in [2.75, 3.05) is 0 Å². The van der Waals surface area contributed by atoms with E-state index in [0.717, 1.165) is 6.07 Å². The summed E-state index contributed by atoms with van der Waals surface area (Å²) >= 11 is 4.93. The van der Waals surface area contributed by atoms with Crippen molar-refractivity contribution in [1.29, 1.82) is 0 Å². The summed E-state index contributed by atoms with van der Waals surface area (Å²) in [5, 5.41) is -3.42. The predicted molar refractivity (Wildman–Crippen MR) is 52.1 cm³/mol. The van der Waals surface area contributed by atoms with E-state index in [2.05, 4.69) is 0 Å². The minimum absolute atomic E-state index is 0.160. The number of rotatable bonds is 2. The second kappa shape index (κ2) is 3.85. The largest absolute Gasteiger partial charge is 0.405 e. The lowest BCUT2D eigenvalue weighted by Gasteiger charge is -2.08. The number of hydrogen-bond acceptors (Lipinski definition) is 1. The molecular weight excluding hydrogens is 224 g/mol. The van der Waals surface area contributed by atoms with Crippen molar-refractivity contribution in [2.45, 2.75) is 19.2 Å². The molecule has 0 aliphatic heterocycles. The highest BCUT2D eigenvalue weighted by atomic mass is 35.5. The molecule has 0 fully saturated rings. The van der Waals surface area contributed by atoms with Crippen LogP contribution in [0.2, 0.25) is 0 Å². The molecule has 1 rings (SSSR count). The quantitative estimate of drug-likeness (QED) is 0.437. The molecule has 1 aromatic heterocycles. The van der Waals surface area contributed by atoms with Crippen LogP contribution in [-0.2, 0) is 12.4 Å². The van der Waals surface area contributed by atoms with Gasteiger partial charge in [0.05, 0.1) is 5.56 Å². The number of carbonyl (C=O) groups is 1. The highest BCUT2D eigenvalue weighted by Crippen LogP contribution is 2.30. The van der Waals surface area contributed by atoms with Crippen molar-refractivity contribution in [1.82, 2.24) is 0 Å². The van der Waals surface area contributed by atoms with Gasteiger partial charge in [0.1, 0.15) is 7.05 Å². The molecule has 1 heterocycles. The van der Waals surface area contributed by atoms with Crippen LogP contribution in [0.15, 0.2) is 12.1 Å². The van der Waals surface area contributed by atoms with Crippen LogP contribution in [0.25, 0.3) is 0 Å². The summed E-state index contributed by atoms with van der Waals surface area (Å²) in [6.45, 7) is 2.99. The van der Waals surface area contributed by atoms with E-state index in [-0.39, 0.29) is 11.5 Å². The fourth-order valence-corrected chi connectivity index (χ4v) is 1.60. The minimum atomic E-state index is -3.42. The average molecular weight is 235 g/mol. The smallest absolute Gasteiger partial charge is 0.294 e. The number of hydrogen-bond donors (Lipinski definition) is 0. The minimum Gasteiger partial charge on any atom is -0.294 e. The molecule has 0 saturated heterocycles. The van der Waals surface area contributed by atoms with E-state index in [1.807, 2.05) is 0 Å². The highest BCUT2D eigenvalue weighted by Gasteiger charge is 2.38. The second-order valence-corrected chi connectivity index (χ2v) is 3.81. The summed E-state index contributed by atoms with van der Waals surface area (Å²) in [5.41, 5.74) is 0.564. The van der Waals surface area contributed by atoms with Crippen LogP contribution in [0.5, 0.6) is 0 Å². The first-order valence-corrected chi connectivity index (χ1v) is 4.70. The molecule has 0 unspecified atom stereocenters. The molecule has 0 N–H and O–H groups in total. The standard InChI is InChI=1S/C10H11ClF2NO/c1-6-8(7(2)15)4-5-9(14(6)3)10(11,12)13/h4-5H,1-3H3/q+1. The van der Waals surface area contributed by atoms with E-state index in [4.69, 9.17) is 11.6 Å². The first-order chi connectivity index (χ1) is 6.75. The van der Waals surface area contributed by atoms with Gasteiger partial charge >= 0.3 is 5.38 Å². The van der Waals surface area contributed by atoms with Gasteiger partial charge in [0.25, 0.3) is 5.69 Å². The number of pyridine rings is 1. The lowest BCUT2D eigenvalue weighted by molar-refractivity contribution is -0.691. The van der Waals surface area contributed by atoms with Crippen LogP contribution in [0, 0.1) is 6.92 Å². The van der Waals surface area contributed by atoms with E-state index in [9.17, 15) is 13.6 Å². The molecule has 0 bridgehead atoms. The van der Waals surface area contributed by atoms with Gasteiger partial charge < -0.3 is 0 Å². The Balaban J connectivity index is 3.41. The molecule has 1 aromatic rings. The van der Waals surface area contributed by atoms with Gasteiger partial charge in [0.15, 0.2) is 11.5 Å². The van der Waals surface area contributed by atoms with Gasteiger partial charge in [-0.15, -0.1) is 0 Å². The number of Topliss-reactive ketones (excluding diaryl/α,β-unsaturated/α-hetero) is 1. The summed E-state index contributed by atoms with van der Waals surface area (Å²) in [6, 6.07) is 2.53. The van der Waals surface area contributed by atoms with E-state index < -0.39 is 5.38 Å². The zero-order valence-electron chi connectivity index (χ0n) is 8.64. The van der Waals surface area contributed by atoms with Gasteiger partial charge in [-0.3, -0.25) is 4.79 Å². The zero-order valence-corrected chi connectivity index (χ0v) is 9.40. The summed E-state index contributed by atoms with van der Waals surface area (Å²) in [7, 11) is 1.45. The third-order valence-electron chi connectivity index (χ3n) is 2.33. The summed E-state index contributed by atoms with van der Waals surface area (Å²) < 4.78 is 27.0. The van der Waals surface area contributed by atoms with Crippen molar-refractivity contribution >= 4 is 17.4 Å². The Kier molecular flexibility index (Phi) is 3.09. The van der Waals surface area contributed by atoms with Crippen LogP contribution < -0.4 is 4.57 Å². The van der Waals surface area contributed by atoms with Crippen LogP contribution >= 0.6 is 11.6 Å². The maximum Gasteiger partial charge on any atom is 0.405 e. The Hall–Kier alpha value is -1.03. The number of carbonyl (C=O) groups excluding carboxylic acids is 1. The van der Waals surface area contributed by atoms with Crippen molar-refractivity contribution in [3.63, 3.8) is 0 Å². The summed E-state index contributed by atoms with van der Waals surface area (Å²) in [5.74, 6) is -0.160. The third-order valence-corrected chi connectivity index (χ3v) is 2.53. The lowest BCUT2D eigenvalue weighted by Crippen LogP contribution is -2.41. The first kappa shape index (κ1) is 12.0. The molecule has 0 spiro atoms. The third kappa shape index (κ3) is 2.31. The van der Waals surface area contributed by atoms with Crippen LogP contribution in [0.1, 0.15) is 28.7 Å². The van der Waals surface area contributed by atoms with E-state index in [1.165, 1.54) is 24.6 Å². The molecule has 2 nitrogen and oxygen atoms in total. The predicted octanol–water partition coefficient (Wildman–Crippen LogP) is 2.31. The van der Waals surface area contributed by atoms with E-state index in [1.54, 1.807) is 6.92 Å². The van der Waals surface area contributed by atoms with Gasteiger partial charge in [-0.2, -0.15) is 13.3 Å². The fourth-order valence-electron chi connectivity index (χ4n) is 1.41. The second-order valence-electron chi connectivity index (χ2n) is 3.33. The molecule has 82 valence electrons. The monoisotopic (exact) mass is 234 g/mol. The maximum atomic E-state index is 12.9. The number of ketones is 1. The van der Waals surface area contributed by atoms with Crippen molar-refractivity contribution in [3.05, 3.63) is 29.1 Å². The number of halogens is 3. The van der Waals surface area contributed by atoms with Gasteiger partial charge in [-0.1, -0.05) is 0 Å². The maximum absolute atomic E-state index is 12.9. The van der Waals surface area contributed by atoms with Crippen molar-refractivity contribution in [2.24, 2.45) is 7.05 Å². The van der Waals surface area contributed by atoms with E-state index in [0.29, 0.717) is 11.3 Å². The molecule has 0 aromatic carbocycles. The van der Waals surface area contributed by atoms with E-state index >= 15 is 0 Å². The molecule has 0 aliphatic rings. The SMILES string of the molecule is CC(=O)c1ccc(C(F)(F)Cl)[n+](C)c1C. The molecule has 0 aliphatic carbocycles. The Morgan fingerprint density at radius 3 is 2.40 bits per heavy atom. The topological polar surface area (TPSA) is 20.9 Å². The first-order valence-electron chi connectivity index (χ1n) is 4.33. The Morgan fingerprint density at radius 1 is 1.47 bits per heavy atom. The molecule has 0 amide bonds. The summed E-state index contributed by atoms with van der Waals surface area (Å²) in [4.78, 5) is 11.1. The average Bonchev–Trinajstić information content (AvgIpc) is 2.06. The van der Waals surface area contributed by atoms with Crippen molar-refractivity contribution < 1.29 is 18.1 Å².